The second-order valence-corrected chi connectivity index (χ2v) is 4.87. The van der Waals surface area contributed by atoms with Crippen LogP contribution in [0.4, 0.5) is 4.79 Å². The van der Waals surface area contributed by atoms with Gasteiger partial charge >= 0.3 is 6.03 Å². The molecule has 0 aliphatic carbocycles. The third-order valence-electron chi connectivity index (χ3n) is 3.06. The van der Waals surface area contributed by atoms with Crippen LogP contribution in [0.15, 0.2) is 18.2 Å². The molecule has 0 aliphatic heterocycles. The number of carbonyl (C=O) groups excluding carboxylic acids is 2. The highest BCUT2D eigenvalue weighted by Crippen LogP contribution is 2.18. The molecule has 0 spiro atoms. The van der Waals surface area contributed by atoms with Gasteiger partial charge in [0.15, 0.2) is 0 Å². The van der Waals surface area contributed by atoms with Crippen molar-refractivity contribution >= 4 is 11.9 Å². The molecule has 110 valence electrons. The smallest absolute Gasteiger partial charge is 0.321 e. The topological polar surface area (TPSA) is 70.2 Å². The largest absolute Gasteiger partial charge is 0.338 e. The van der Waals surface area contributed by atoms with Gasteiger partial charge in [0.1, 0.15) is 0 Å². The monoisotopic (exact) mass is 277 g/mol. The Bertz CT molecular complexity index is 486. The summed E-state index contributed by atoms with van der Waals surface area (Å²) in [5.41, 5.74) is 3.53. The Morgan fingerprint density at radius 2 is 1.95 bits per heavy atom. The number of urea groups is 1. The van der Waals surface area contributed by atoms with Gasteiger partial charge in [0.05, 0.1) is 6.54 Å². The van der Waals surface area contributed by atoms with E-state index in [1.807, 2.05) is 20.8 Å². The Morgan fingerprint density at radius 1 is 1.25 bits per heavy atom. The van der Waals surface area contributed by atoms with Crippen LogP contribution in [0.2, 0.25) is 0 Å². The second kappa shape index (κ2) is 7.65. The SMILES string of the molecule is CCNC(=O)NC(=O)CNC(C)c1cc(C)ccc1C. The first-order valence-corrected chi connectivity index (χ1v) is 6.82. The summed E-state index contributed by atoms with van der Waals surface area (Å²) in [5.74, 6) is -0.340. The molecule has 3 N–H and O–H groups in total. The van der Waals surface area contributed by atoms with Crippen LogP contribution >= 0.6 is 0 Å². The van der Waals surface area contributed by atoms with E-state index in [0.29, 0.717) is 6.54 Å². The minimum Gasteiger partial charge on any atom is -0.338 e. The predicted molar refractivity (Wildman–Crippen MR) is 79.5 cm³/mol. The van der Waals surface area contributed by atoms with Gasteiger partial charge in [-0.25, -0.2) is 4.79 Å². The molecule has 0 heterocycles. The number of imide groups is 1. The third-order valence-corrected chi connectivity index (χ3v) is 3.06. The maximum absolute atomic E-state index is 11.6. The molecule has 1 rings (SSSR count). The summed E-state index contributed by atoms with van der Waals surface area (Å²) in [6, 6.07) is 5.83. The molecule has 0 aliphatic rings. The second-order valence-electron chi connectivity index (χ2n) is 4.87. The zero-order chi connectivity index (χ0) is 15.1. The molecule has 0 radical (unpaired) electrons. The van der Waals surface area contributed by atoms with Gasteiger partial charge in [0.25, 0.3) is 0 Å². The molecule has 0 saturated carbocycles. The van der Waals surface area contributed by atoms with Crippen molar-refractivity contribution in [2.75, 3.05) is 13.1 Å². The summed E-state index contributed by atoms with van der Waals surface area (Å²) in [6.45, 7) is 8.47. The zero-order valence-electron chi connectivity index (χ0n) is 12.5. The van der Waals surface area contributed by atoms with Crippen LogP contribution in [-0.2, 0) is 4.79 Å². The van der Waals surface area contributed by atoms with Crippen molar-refractivity contribution < 1.29 is 9.59 Å². The first kappa shape index (κ1) is 16.2. The van der Waals surface area contributed by atoms with Crippen LogP contribution in [0.5, 0.6) is 0 Å². The van der Waals surface area contributed by atoms with Crippen molar-refractivity contribution in [1.82, 2.24) is 16.0 Å². The van der Waals surface area contributed by atoms with Crippen molar-refractivity contribution in [3.05, 3.63) is 34.9 Å². The van der Waals surface area contributed by atoms with Crippen molar-refractivity contribution in [2.45, 2.75) is 33.7 Å². The number of nitrogens with one attached hydrogen (secondary N) is 3. The summed E-state index contributed by atoms with van der Waals surface area (Å²) < 4.78 is 0. The molecule has 0 saturated heterocycles. The average Bonchev–Trinajstić information content (AvgIpc) is 2.39. The normalized spacial score (nSPS) is 11.8. The Balaban J connectivity index is 2.50. The Morgan fingerprint density at radius 3 is 2.60 bits per heavy atom. The van der Waals surface area contributed by atoms with Gasteiger partial charge in [-0.2, -0.15) is 0 Å². The summed E-state index contributed by atoms with van der Waals surface area (Å²) >= 11 is 0. The summed E-state index contributed by atoms with van der Waals surface area (Å²) in [7, 11) is 0. The summed E-state index contributed by atoms with van der Waals surface area (Å²) in [6.07, 6.45) is 0. The number of benzene rings is 1. The number of hydrogen-bond acceptors (Lipinski definition) is 3. The van der Waals surface area contributed by atoms with E-state index in [1.54, 1.807) is 6.92 Å². The van der Waals surface area contributed by atoms with Crippen LogP contribution in [-0.4, -0.2) is 25.0 Å². The minimum atomic E-state index is -0.460. The van der Waals surface area contributed by atoms with E-state index in [1.165, 1.54) is 11.1 Å². The molecule has 20 heavy (non-hydrogen) atoms. The van der Waals surface area contributed by atoms with E-state index in [4.69, 9.17) is 0 Å². The van der Waals surface area contributed by atoms with Gasteiger partial charge in [0.2, 0.25) is 5.91 Å². The molecule has 5 nitrogen and oxygen atoms in total. The van der Waals surface area contributed by atoms with Crippen molar-refractivity contribution in [1.29, 1.82) is 0 Å². The minimum absolute atomic E-state index is 0.0508. The number of hydrogen-bond donors (Lipinski definition) is 3. The highest BCUT2D eigenvalue weighted by Gasteiger charge is 2.11. The quantitative estimate of drug-likeness (QED) is 0.768. The van der Waals surface area contributed by atoms with Gasteiger partial charge in [-0.1, -0.05) is 23.8 Å². The fraction of sp³-hybridized carbons (Fsp3) is 0.467. The van der Waals surface area contributed by atoms with Crippen LogP contribution in [0.3, 0.4) is 0 Å². The lowest BCUT2D eigenvalue weighted by Crippen LogP contribution is -2.43. The lowest BCUT2D eigenvalue weighted by atomic mass is 10.00. The van der Waals surface area contributed by atoms with E-state index in [2.05, 4.69) is 34.1 Å². The average molecular weight is 277 g/mol. The molecule has 0 aromatic heterocycles. The number of rotatable bonds is 5. The predicted octanol–water partition coefficient (Wildman–Crippen LogP) is 1.80. The van der Waals surface area contributed by atoms with Crippen LogP contribution in [0.25, 0.3) is 0 Å². The standard InChI is InChI=1S/C15H23N3O2/c1-5-16-15(20)18-14(19)9-17-12(4)13-8-10(2)6-7-11(13)3/h6-8,12,17H,5,9H2,1-4H3,(H2,16,18,19,20). The molecular weight excluding hydrogens is 254 g/mol. The van der Waals surface area contributed by atoms with Gasteiger partial charge < -0.3 is 10.6 Å². The third kappa shape index (κ3) is 5.01. The van der Waals surface area contributed by atoms with Crippen LogP contribution in [0.1, 0.15) is 36.6 Å². The molecule has 1 aromatic carbocycles. The van der Waals surface area contributed by atoms with Gasteiger partial charge in [-0.15, -0.1) is 0 Å². The van der Waals surface area contributed by atoms with Crippen molar-refractivity contribution in [2.24, 2.45) is 0 Å². The van der Waals surface area contributed by atoms with E-state index in [-0.39, 0.29) is 18.5 Å². The highest BCUT2D eigenvalue weighted by molar-refractivity contribution is 5.95. The molecular formula is C15H23N3O2. The summed E-state index contributed by atoms with van der Waals surface area (Å²) in [4.78, 5) is 22.8. The first-order chi connectivity index (χ1) is 9.43. The Kier molecular flexibility index (Phi) is 6.18. The molecule has 1 unspecified atom stereocenters. The number of amides is 3. The van der Waals surface area contributed by atoms with E-state index in [0.717, 1.165) is 5.56 Å². The maximum atomic E-state index is 11.6. The van der Waals surface area contributed by atoms with Crippen molar-refractivity contribution in [3.63, 3.8) is 0 Å². The lowest BCUT2D eigenvalue weighted by molar-refractivity contribution is -0.119. The fourth-order valence-corrected chi connectivity index (χ4v) is 1.96. The highest BCUT2D eigenvalue weighted by atomic mass is 16.2. The van der Waals surface area contributed by atoms with Gasteiger partial charge in [-0.3, -0.25) is 10.1 Å². The Labute approximate surface area is 120 Å². The Hall–Kier alpha value is -1.88. The van der Waals surface area contributed by atoms with Gasteiger partial charge in [-0.05, 0) is 38.8 Å². The number of aryl methyl sites for hydroxylation is 2. The maximum Gasteiger partial charge on any atom is 0.321 e. The van der Waals surface area contributed by atoms with Crippen LogP contribution in [0, 0.1) is 13.8 Å². The van der Waals surface area contributed by atoms with E-state index >= 15 is 0 Å². The molecule has 5 heteroatoms. The first-order valence-electron chi connectivity index (χ1n) is 6.82. The van der Waals surface area contributed by atoms with Gasteiger partial charge in [0, 0.05) is 12.6 Å². The van der Waals surface area contributed by atoms with E-state index < -0.39 is 6.03 Å². The molecule has 0 fully saturated rings. The zero-order valence-corrected chi connectivity index (χ0v) is 12.5. The lowest BCUT2D eigenvalue weighted by Gasteiger charge is -2.17. The number of carbonyl (C=O) groups is 2. The fourth-order valence-electron chi connectivity index (χ4n) is 1.96. The van der Waals surface area contributed by atoms with Crippen LogP contribution < -0.4 is 16.0 Å². The molecule has 1 atom stereocenters. The van der Waals surface area contributed by atoms with Crippen molar-refractivity contribution in [3.8, 4) is 0 Å². The molecule has 3 amide bonds. The summed E-state index contributed by atoms with van der Waals surface area (Å²) in [5, 5.41) is 7.90. The molecule has 1 aromatic rings. The molecule has 0 bridgehead atoms. The van der Waals surface area contributed by atoms with E-state index in [9.17, 15) is 9.59 Å².